The summed E-state index contributed by atoms with van der Waals surface area (Å²) in [5.74, 6) is 0. The fourth-order valence-electron chi connectivity index (χ4n) is 0.705. The maximum absolute atomic E-state index is 5.34. The van der Waals surface area contributed by atoms with Gasteiger partial charge in [-0.25, -0.2) is 0 Å². The summed E-state index contributed by atoms with van der Waals surface area (Å²) in [6.45, 7) is 2.01. The Kier molecular flexibility index (Phi) is 1.90. The molecule has 1 aromatic heterocycles. The van der Waals surface area contributed by atoms with Crippen LogP contribution in [0.15, 0.2) is 11.4 Å². The SMILES string of the molecule is C/C=c1/ccs/c1=C/N. The van der Waals surface area contributed by atoms with Crippen molar-refractivity contribution in [2.75, 3.05) is 0 Å². The van der Waals surface area contributed by atoms with Gasteiger partial charge in [-0.3, -0.25) is 0 Å². The summed E-state index contributed by atoms with van der Waals surface area (Å²) in [6.07, 6.45) is 3.69. The van der Waals surface area contributed by atoms with E-state index in [1.165, 1.54) is 5.22 Å². The zero-order valence-corrected chi connectivity index (χ0v) is 6.11. The topological polar surface area (TPSA) is 26.0 Å². The molecule has 48 valence electrons. The Morgan fingerprint density at radius 2 is 2.44 bits per heavy atom. The van der Waals surface area contributed by atoms with E-state index in [2.05, 4.69) is 12.1 Å². The molecule has 0 spiro atoms. The van der Waals surface area contributed by atoms with Crippen molar-refractivity contribution in [1.82, 2.24) is 0 Å². The van der Waals surface area contributed by atoms with Crippen LogP contribution in [0.25, 0.3) is 12.3 Å². The molecule has 0 amide bonds. The summed E-state index contributed by atoms with van der Waals surface area (Å²) in [5, 5.41) is 3.26. The van der Waals surface area contributed by atoms with Crippen LogP contribution in [0.3, 0.4) is 0 Å². The molecule has 0 aliphatic carbocycles. The van der Waals surface area contributed by atoms with Crippen LogP contribution in [0.2, 0.25) is 0 Å². The predicted octanol–water partition coefficient (Wildman–Crippen LogP) is 0.245. The first-order valence-corrected chi connectivity index (χ1v) is 3.68. The van der Waals surface area contributed by atoms with E-state index in [0.717, 1.165) is 4.53 Å². The van der Waals surface area contributed by atoms with Crippen LogP contribution in [-0.2, 0) is 0 Å². The molecule has 1 heterocycles. The fraction of sp³-hybridized carbons (Fsp3) is 0.143. The quantitative estimate of drug-likeness (QED) is 0.547. The molecule has 0 radical (unpaired) electrons. The molecule has 0 unspecified atom stereocenters. The molecule has 9 heavy (non-hydrogen) atoms. The summed E-state index contributed by atoms with van der Waals surface area (Å²) in [6, 6.07) is 2.06. The van der Waals surface area contributed by atoms with E-state index in [4.69, 9.17) is 5.73 Å². The summed E-state index contributed by atoms with van der Waals surface area (Å²) in [5.41, 5.74) is 5.34. The molecule has 2 N–H and O–H groups in total. The lowest BCUT2D eigenvalue weighted by atomic mass is 10.4. The van der Waals surface area contributed by atoms with Crippen molar-refractivity contribution in [1.29, 1.82) is 0 Å². The first-order valence-electron chi connectivity index (χ1n) is 2.80. The minimum absolute atomic E-state index is 1.15. The van der Waals surface area contributed by atoms with Crippen molar-refractivity contribution in [2.24, 2.45) is 5.73 Å². The molecule has 0 bridgehead atoms. The Morgan fingerprint density at radius 1 is 1.67 bits per heavy atom. The monoisotopic (exact) mass is 139 g/mol. The first-order chi connectivity index (χ1) is 4.38. The Labute approximate surface area is 58.1 Å². The molecule has 0 aliphatic rings. The summed E-state index contributed by atoms with van der Waals surface area (Å²) in [4.78, 5) is 0. The van der Waals surface area contributed by atoms with E-state index in [0.29, 0.717) is 0 Å². The molecule has 1 rings (SSSR count). The van der Waals surface area contributed by atoms with Crippen LogP contribution in [0.1, 0.15) is 6.92 Å². The third kappa shape index (κ3) is 1.13. The van der Waals surface area contributed by atoms with Crippen LogP contribution >= 0.6 is 11.3 Å². The minimum atomic E-state index is 1.15. The average Bonchev–Trinajstić information content (AvgIpc) is 2.33. The zero-order valence-electron chi connectivity index (χ0n) is 5.29. The van der Waals surface area contributed by atoms with E-state index < -0.39 is 0 Å². The molecule has 1 aromatic rings. The fourth-order valence-corrected chi connectivity index (χ4v) is 1.47. The van der Waals surface area contributed by atoms with Gasteiger partial charge in [0.25, 0.3) is 0 Å². The second-order valence-corrected chi connectivity index (χ2v) is 2.64. The van der Waals surface area contributed by atoms with Gasteiger partial charge in [-0.1, -0.05) is 6.08 Å². The smallest absolute Gasteiger partial charge is 0.0493 e. The Morgan fingerprint density at radius 3 is 2.89 bits per heavy atom. The number of nitrogens with two attached hydrogens (primary N) is 1. The van der Waals surface area contributed by atoms with Gasteiger partial charge in [0.15, 0.2) is 0 Å². The third-order valence-electron chi connectivity index (χ3n) is 1.19. The number of hydrogen-bond donors (Lipinski definition) is 1. The summed E-state index contributed by atoms with van der Waals surface area (Å²) < 4.78 is 1.15. The van der Waals surface area contributed by atoms with Crippen molar-refractivity contribution in [3.05, 3.63) is 21.2 Å². The normalized spacial score (nSPS) is 14.8. The number of hydrogen-bond acceptors (Lipinski definition) is 2. The molecular formula is C7H9NS. The second-order valence-electron chi connectivity index (χ2n) is 1.70. The van der Waals surface area contributed by atoms with Crippen molar-refractivity contribution < 1.29 is 0 Å². The van der Waals surface area contributed by atoms with Crippen LogP contribution in [-0.4, -0.2) is 0 Å². The van der Waals surface area contributed by atoms with Crippen LogP contribution in [0.5, 0.6) is 0 Å². The van der Waals surface area contributed by atoms with Gasteiger partial charge >= 0.3 is 0 Å². The van der Waals surface area contributed by atoms with E-state index in [9.17, 15) is 0 Å². The Bertz CT molecular complexity index is 256. The molecule has 0 saturated heterocycles. The van der Waals surface area contributed by atoms with Gasteiger partial charge in [0, 0.05) is 10.7 Å². The zero-order chi connectivity index (χ0) is 6.69. The lowest BCUT2D eigenvalue weighted by molar-refractivity contribution is 1.63. The van der Waals surface area contributed by atoms with Crippen LogP contribution in [0, 0.1) is 0 Å². The van der Waals surface area contributed by atoms with Crippen LogP contribution < -0.4 is 15.5 Å². The first kappa shape index (κ1) is 6.36. The molecular weight excluding hydrogens is 130 g/mol. The molecule has 1 nitrogen and oxygen atoms in total. The molecule has 2 heteroatoms. The number of rotatable bonds is 0. The van der Waals surface area contributed by atoms with E-state index in [1.54, 1.807) is 17.5 Å². The van der Waals surface area contributed by atoms with Crippen molar-refractivity contribution in [3.63, 3.8) is 0 Å². The highest BCUT2D eigenvalue weighted by Gasteiger charge is 1.80. The summed E-state index contributed by atoms with van der Waals surface area (Å²) in [7, 11) is 0. The summed E-state index contributed by atoms with van der Waals surface area (Å²) >= 11 is 1.66. The van der Waals surface area contributed by atoms with Gasteiger partial charge in [0.05, 0.1) is 0 Å². The Hall–Kier alpha value is -0.760. The molecule has 0 fully saturated rings. The van der Waals surface area contributed by atoms with Crippen LogP contribution in [0.4, 0.5) is 0 Å². The highest BCUT2D eigenvalue weighted by molar-refractivity contribution is 7.07. The highest BCUT2D eigenvalue weighted by Crippen LogP contribution is 1.78. The second kappa shape index (κ2) is 2.69. The molecule has 0 saturated carbocycles. The third-order valence-corrected chi connectivity index (χ3v) is 2.09. The largest absolute Gasteiger partial charge is 0.403 e. The standard InChI is InChI=1S/C7H9NS/c1-2-6-3-4-9-7(6)5-8/h2-5H,8H2,1H3/b6-2-,7-5+. The minimum Gasteiger partial charge on any atom is -0.403 e. The van der Waals surface area contributed by atoms with Crippen molar-refractivity contribution in [2.45, 2.75) is 6.92 Å². The lowest BCUT2D eigenvalue weighted by Gasteiger charge is -1.71. The van der Waals surface area contributed by atoms with Gasteiger partial charge in [-0.2, -0.15) is 0 Å². The van der Waals surface area contributed by atoms with Crippen molar-refractivity contribution in [3.8, 4) is 0 Å². The van der Waals surface area contributed by atoms with Gasteiger partial charge in [-0.15, -0.1) is 11.3 Å². The molecule has 0 aromatic carbocycles. The van der Waals surface area contributed by atoms with Gasteiger partial charge in [-0.05, 0) is 23.6 Å². The van der Waals surface area contributed by atoms with Gasteiger partial charge < -0.3 is 5.73 Å². The Balaban J connectivity index is 3.50. The maximum atomic E-state index is 5.34. The number of thiophene rings is 1. The molecule has 0 atom stereocenters. The van der Waals surface area contributed by atoms with E-state index in [-0.39, 0.29) is 0 Å². The molecule has 0 aliphatic heterocycles. The van der Waals surface area contributed by atoms with Gasteiger partial charge in [0.1, 0.15) is 0 Å². The van der Waals surface area contributed by atoms with E-state index >= 15 is 0 Å². The lowest BCUT2D eigenvalue weighted by Crippen LogP contribution is -2.18. The van der Waals surface area contributed by atoms with Gasteiger partial charge in [0.2, 0.25) is 0 Å². The highest BCUT2D eigenvalue weighted by atomic mass is 32.1. The van der Waals surface area contributed by atoms with Crippen molar-refractivity contribution >= 4 is 23.6 Å². The van der Waals surface area contributed by atoms with E-state index in [1.807, 2.05) is 12.3 Å². The predicted molar refractivity (Wildman–Crippen MR) is 42.4 cm³/mol. The average molecular weight is 139 g/mol. The maximum Gasteiger partial charge on any atom is 0.0493 e.